The van der Waals surface area contributed by atoms with Gasteiger partial charge in [-0.3, -0.25) is 0 Å². The second kappa shape index (κ2) is 8.69. The van der Waals surface area contributed by atoms with Crippen molar-refractivity contribution in [3.8, 4) is 0 Å². The molecule has 0 amide bonds. The molecule has 6 nitrogen and oxygen atoms in total. The van der Waals surface area contributed by atoms with Gasteiger partial charge in [0.05, 0.1) is 0 Å². The molecule has 0 aliphatic carbocycles. The Morgan fingerprint density at radius 1 is 1.18 bits per heavy atom. The second-order valence-corrected chi connectivity index (χ2v) is 9.62. The van der Waals surface area contributed by atoms with Crippen molar-refractivity contribution in [2.24, 2.45) is 5.92 Å². The highest BCUT2D eigenvalue weighted by Gasteiger charge is 2.24. The molecule has 0 bridgehead atoms. The van der Waals surface area contributed by atoms with Crippen LogP contribution in [0.15, 0.2) is 17.3 Å². The first-order valence-electron chi connectivity index (χ1n) is 9.95. The quantitative estimate of drug-likeness (QED) is 0.729. The summed E-state index contributed by atoms with van der Waals surface area (Å²) in [7, 11) is -1.35. The van der Waals surface area contributed by atoms with Gasteiger partial charge in [0.2, 0.25) is 11.1 Å². The van der Waals surface area contributed by atoms with E-state index in [0.29, 0.717) is 17.0 Å². The van der Waals surface area contributed by atoms with E-state index in [1.54, 1.807) is 12.1 Å². The smallest absolute Gasteiger partial charge is 0.247 e. The van der Waals surface area contributed by atoms with Crippen molar-refractivity contribution in [1.82, 2.24) is 19.5 Å². The van der Waals surface area contributed by atoms with Crippen LogP contribution < -0.4 is 5.32 Å². The number of halogens is 1. The van der Waals surface area contributed by atoms with Gasteiger partial charge in [-0.15, -0.1) is 5.10 Å². The summed E-state index contributed by atoms with van der Waals surface area (Å²) in [6.45, 7) is 11.9. The van der Waals surface area contributed by atoms with Crippen LogP contribution in [0.1, 0.15) is 70.4 Å². The molecule has 2 aromatic rings. The van der Waals surface area contributed by atoms with Gasteiger partial charge in [-0.2, -0.15) is 4.98 Å². The van der Waals surface area contributed by atoms with Crippen LogP contribution in [0, 0.1) is 11.7 Å². The molecule has 8 heteroatoms. The van der Waals surface area contributed by atoms with Gasteiger partial charge in [0.25, 0.3) is 0 Å². The number of piperidine rings is 1. The number of aromatic amines is 1. The summed E-state index contributed by atoms with van der Waals surface area (Å²) in [5.74, 6) is 1.05. The van der Waals surface area contributed by atoms with Gasteiger partial charge in [-0.25, -0.2) is 18.0 Å². The van der Waals surface area contributed by atoms with Gasteiger partial charge in [-0.05, 0) is 53.9 Å². The minimum Gasteiger partial charge on any atom is -0.322 e. The molecule has 1 aromatic carbocycles. The van der Waals surface area contributed by atoms with E-state index in [-0.39, 0.29) is 17.7 Å². The predicted octanol–water partition coefficient (Wildman–Crippen LogP) is 4.69. The fraction of sp³-hybridized carbons (Fsp3) is 0.600. The second-order valence-electron chi connectivity index (χ2n) is 8.22. The van der Waals surface area contributed by atoms with Crippen LogP contribution in [0.5, 0.6) is 0 Å². The minimum absolute atomic E-state index is 0.138. The van der Waals surface area contributed by atoms with E-state index in [4.69, 9.17) is 0 Å². The Balaban J connectivity index is 1.84. The maximum Gasteiger partial charge on any atom is 0.247 e. The molecule has 1 fully saturated rings. The molecule has 1 aliphatic heterocycles. The third-order valence-corrected chi connectivity index (χ3v) is 6.60. The number of nitrogens with zero attached hydrogens (tertiary/aromatic N) is 3. The molecule has 0 spiro atoms. The van der Waals surface area contributed by atoms with Crippen molar-refractivity contribution in [3.05, 3.63) is 29.1 Å². The number of rotatable bonds is 6. The summed E-state index contributed by atoms with van der Waals surface area (Å²) in [6, 6.07) is 3.11. The first-order valence-corrected chi connectivity index (χ1v) is 11.1. The Morgan fingerprint density at radius 3 is 2.29 bits per heavy atom. The minimum atomic E-state index is -1.35. The van der Waals surface area contributed by atoms with Gasteiger partial charge in [-0.1, -0.05) is 34.6 Å². The molecule has 28 heavy (non-hydrogen) atoms. The van der Waals surface area contributed by atoms with E-state index < -0.39 is 11.0 Å². The number of nitrogens with one attached hydrogen (secondary N) is 2. The summed E-state index contributed by atoms with van der Waals surface area (Å²) in [6.07, 6.45) is 2.08. The Labute approximate surface area is 168 Å². The molecular formula is C20H30FN5OS. The van der Waals surface area contributed by atoms with Crippen LogP contribution in [0.3, 0.4) is 0 Å². The lowest BCUT2D eigenvalue weighted by molar-refractivity contribution is 0.298. The fourth-order valence-corrected chi connectivity index (χ4v) is 4.55. The van der Waals surface area contributed by atoms with Gasteiger partial charge < -0.3 is 5.32 Å². The molecular weight excluding hydrogens is 377 g/mol. The van der Waals surface area contributed by atoms with Crippen molar-refractivity contribution in [2.45, 2.75) is 64.5 Å². The van der Waals surface area contributed by atoms with Crippen LogP contribution in [-0.4, -0.2) is 36.8 Å². The van der Waals surface area contributed by atoms with Gasteiger partial charge in [0.15, 0.2) is 11.0 Å². The summed E-state index contributed by atoms with van der Waals surface area (Å²) in [4.78, 5) is 4.41. The standard InChI is InChI=1S/C20H30FN5OS/c1-12(2)16-10-15(21)11-17(13(3)4)18(16)22-19-23-20(25-24-19)28(27)26-8-6-14(5)7-9-26/h10-14H,6-9H2,1-5H3,(H2,22,23,24,25). The average molecular weight is 408 g/mol. The monoisotopic (exact) mass is 407 g/mol. The summed E-state index contributed by atoms with van der Waals surface area (Å²) in [5.41, 5.74) is 2.58. The van der Waals surface area contributed by atoms with Gasteiger partial charge in [0, 0.05) is 18.8 Å². The molecule has 0 saturated carbocycles. The van der Waals surface area contributed by atoms with Crippen molar-refractivity contribution in [3.63, 3.8) is 0 Å². The largest absolute Gasteiger partial charge is 0.322 e. The highest BCUT2D eigenvalue weighted by atomic mass is 32.2. The van der Waals surface area contributed by atoms with Crippen molar-refractivity contribution < 1.29 is 8.60 Å². The number of aromatic nitrogens is 3. The lowest BCUT2D eigenvalue weighted by Gasteiger charge is -2.27. The molecule has 1 aliphatic rings. The number of benzene rings is 1. The first-order chi connectivity index (χ1) is 13.3. The lowest BCUT2D eigenvalue weighted by atomic mass is 9.92. The van der Waals surface area contributed by atoms with Crippen LogP contribution in [-0.2, 0) is 11.0 Å². The maximum atomic E-state index is 14.1. The Kier molecular flexibility index (Phi) is 6.50. The third-order valence-electron chi connectivity index (χ3n) is 5.25. The summed E-state index contributed by atoms with van der Waals surface area (Å²) >= 11 is 0. The number of hydrogen-bond donors (Lipinski definition) is 2. The number of hydrogen-bond acceptors (Lipinski definition) is 4. The summed E-state index contributed by atoms with van der Waals surface area (Å²) in [5, 5.41) is 10.6. The van der Waals surface area contributed by atoms with E-state index in [9.17, 15) is 8.60 Å². The summed E-state index contributed by atoms with van der Waals surface area (Å²) < 4.78 is 28.8. The lowest BCUT2D eigenvalue weighted by Crippen LogP contribution is -2.34. The molecule has 1 atom stereocenters. The van der Waals surface area contributed by atoms with E-state index in [1.807, 2.05) is 32.0 Å². The first kappa shape index (κ1) is 20.9. The maximum absolute atomic E-state index is 14.1. The molecule has 2 heterocycles. The van der Waals surface area contributed by atoms with E-state index in [1.165, 1.54) is 0 Å². The average Bonchev–Trinajstić information content (AvgIpc) is 3.11. The zero-order chi connectivity index (χ0) is 20.4. The number of H-pyrrole nitrogens is 1. The predicted molar refractivity (Wildman–Crippen MR) is 111 cm³/mol. The van der Waals surface area contributed by atoms with Crippen LogP contribution in [0.4, 0.5) is 16.0 Å². The molecule has 2 N–H and O–H groups in total. The molecule has 154 valence electrons. The van der Waals surface area contributed by atoms with Crippen LogP contribution in [0.2, 0.25) is 0 Å². The molecule has 1 aromatic heterocycles. The van der Waals surface area contributed by atoms with E-state index in [0.717, 1.165) is 42.7 Å². The topological polar surface area (TPSA) is 73.9 Å². The van der Waals surface area contributed by atoms with Crippen molar-refractivity contribution >= 4 is 22.6 Å². The fourth-order valence-electron chi connectivity index (χ4n) is 3.47. The molecule has 3 rings (SSSR count). The Bertz CT molecular complexity index is 814. The molecule has 1 saturated heterocycles. The van der Waals surface area contributed by atoms with Crippen molar-refractivity contribution in [2.75, 3.05) is 18.4 Å². The molecule has 0 radical (unpaired) electrons. The zero-order valence-corrected chi connectivity index (χ0v) is 18.1. The van der Waals surface area contributed by atoms with Crippen LogP contribution >= 0.6 is 0 Å². The van der Waals surface area contributed by atoms with Gasteiger partial charge in [0.1, 0.15) is 5.82 Å². The normalized spacial score (nSPS) is 17.4. The van der Waals surface area contributed by atoms with E-state index in [2.05, 4.69) is 27.4 Å². The number of anilines is 2. The Hall–Kier alpha value is -1.80. The highest BCUT2D eigenvalue weighted by Crippen LogP contribution is 2.35. The Morgan fingerprint density at radius 2 is 1.75 bits per heavy atom. The SMILES string of the molecule is CC1CCN(S(=O)c2nc(Nc3c(C(C)C)cc(F)cc3C(C)C)n[nH]2)CC1. The van der Waals surface area contributed by atoms with Gasteiger partial charge >= 0.3 is 0 Å². The van der Waals surface area contributed by atoms with Crippen molar-refractivity contribution in [1.29, 1.82) is 0 Å². The molecule has 1 unspecified atom stereocenters. The van der Waals surface area contributed by atoms with Crippen LogP contribution in [0.25, 0.3) is 0 Å². The zero-order valence-electron chi connectivity index (χ0n) is 17.3. The van der Waals surface area contributed by atoms with E-state index >= 15 is 0 Å². The third kappa shape index (κ3) is 4.60. The highest BCUT2D eigenvalue weighted by molar-refractivity contribution is 7.82.